The Kier molecular flexibility index (Phi) is 11.9. The third kappa shape index (κ3) is 9.33. The first-order valence-corrected chi connectivity index (χ1v) is 17.0. The number of fused-ring (bicyclic) bond motifs is 2. The lowest BCUT2D eigenvalue weighted by Crippen LogP contribution is -2.36. The quantitative estimate of drug-likeness (QED) is 0.207. The second-order valence-electron chi connectivity index (χ2n) is 11.8. The number of hydrogen-bond donors (Lipinski definition) is 2. The first-order valence-electron chi connectivity index (χ1n) is 16.3. The Labute approximate surface area is 311 Å². The molecule has 7 rings (SSSR count). The second-order valence-corrected chi connectivity index (χ2v) is 12.7. The van der Waals surface area contributed by atoms with Gasteiger partial charge in [0.05, 0.1) is 13.2 Å². The van der Waals surface area contributed by atoms with E-state index >= 15 is 0 Å². The molecule has 0 radical (unpaired) electrons. The number of pyridine rings is 2. The van der Waals surface area contributed by atoms with E-state index in [4.69, 9.17) is 27.9 Å². The highest BCUT2D eigenvalue weighted by Crippen LogP contribution is 2.11. The first-order chi connectivity index (χ1) is 25.7. The highest BCUT2D eigenvalue weighted by molar-refractivity contribution is 6.30. The number of benzene rings is 2. The molecule has 2 amide bonds. The van der Waals surface area contributed by atoms with E-state index in [1.807, 2.05) is 6.07 Å². The van der Waals surface area contributed by atoms with E-state index in [2.05, 4.69) is 35.9 Å². The van der Waals surface area contributed by atoms with E-state index in [1.54, 1.807) is 60.8 Å². The molecule has 15 nitrogen and oxygen atoms in total. The number of carbonyl (C=O) groups excluding carboxylic acids is 3. The third-order valence-electron chi connectivity index (χ3n) is 8.09. The van der Waals surface area contributed by atoms with Crippen molar-refractivity contribution in [2.24, 2.45) is 0 Å². The van der Waals surface area contributed by atoms with Gasteiger partial charge >= 0.3 is 0 Å². The molecule has 53 heavy (non-hydrogen) atoms. The Morgan fingerprint density at radius 1 is 0.660 bits per heavy atom. The maximum Gasteiger partial charge on any atom is 0.289 e. The SMILES string of the molecule is O=C(NCc1ccc(Cl)cc1)c1nnc2ccc(CN3CCOCC3)cn2c1=O.O=Cc1ccc2nnc(C(=O)NCc3ccc(Cl)cc3)c(=O)n2c1. The highest BCUT2D eigenvalue weighted by Gasteiger charge is 2.18. The summed E-state index contributed by atoms with van der Waals surface area (Å²) >= 11 is 11.7. The standard InChI is InChI=1S/C20H20ClN5O3.C16H11ClN4O3/c21-16-4-1-14(2-5-16)11-22-19(27)18-20(28)26-13-15(3-6-17(26)23-24-18)12-25-7-9-29-10-8-25;17-12-4-1-10(2-5-12)7-18-15(23)14-16(24)21-8-11(9-22)3-6-13(21)19-20-14/h1-6,13H,7-12H2,(H,22,27);1-6,8-9H,7H2,(H,18,23). The van der Waals surface area contributed by atoms with Gasteiger partial charge in [0.1, 0.15) is 0 Å². The molecule has 0 atom stereocenters. The number of morpholine rings is 1. The van der Waals surface area contributed by atoms with E-state index in [-0.39, 0.29) is 30.1 Å². The smallest absolute Gasteiger partial charge is 0.289 e. The molecule has 0 spiro atoms. The predicted molar refractivity (Wildman–Crippen MR) is 195 cm³/mol. The second kappa shape index (κ2) is 17.1. The van der Waals surface area contributed by atoms with Crippen LogP contribution in [-0.4, -0.2) is 78.5 Å². The molecule has 4 aromatic heterocycles. The van der Waals surface area contributed by atoms with Crippen LogP contribution in [0.2, 0.25) is 10.0 Å². The number of nitrogens with zero attached hydrogens (tertiary/aromatic N) is 7. The van der Waals surface area contributed by atoms with Crippen LogP contribution in [0.4, 0.5) is 0 Å². The third-order valence-corrected chi connectivity index (χ3v) is 8.60. The molecule has 6 aromatic rings. The van der Waals surface area contributed by atoms with Gasteiger partial charge in [-0.05, 0) is 59.2 Å². The van der Waals surface area contributed by atoms with Crippen molar-refractivity contribution < 1.29 is 19.1 Å². The summed E-state index contributed by atoms with van der Waals surface area (Å²) in [6.45, 7) is 4.28. The van der Waals surface area contributed by atoms with Crippen LogP contribution in [-0.2, 0) is 24.4 Å². The van der Waals surface area contributed by atoms with E-state index in [9.17, 15) is 24.0 Å². The van der Waals surface area contributed by atoms with Crippen LogP contribution in [0.25, 0.3) is 11.3 Å². The Morgan fingerprint density at radius 2 is 1.13 bits per heavy atom. The Morgan fingerprint density at radius 3 is 1.64 bits per heavy atom. The van der Waals surface area contributed by atoms with E-state index < -0.39 is 22.9 Å². The number of aromatic nitrogens is 6. The van der Waals surface area contributed by atoms with Gasteiger partial charge in [-0.2, -0.15) is 0 Å². The van der Waals surface area contributed by atoms with Crippen LogP contribution in [0.1, 0.15) is 48.0 Å². The monoisotopic (exact) mass is 755 g/mol. The zero-order chi connectivity index (χ0) is 37.3. The van der Waals surface area contributed by atoms with Crippen LogP contribution >= 0.6 is 23.2 Å². The van der Waals surface area contributed by atoms with Crippen molar-refractivity contribution in [2.45, 2.75) is 19.6 Å². The van der Waals surface area contributed by atoms with Gasteiger partial charge in [-0.1, -0.05) is 53.5 Å². The lowest BCUT2D eigenvalue weighted by molar-refractivity contribution is 0.0341. The molecule has 0 unspecified atom stereocenters. The zero-order valence-electron chi connectivity index (χ0n) is 27.9. The molecule has 1 saturated heterocycles. The van der Waals surface area contributed by atoms with Crippen molar-refractivity contribution in [3.05, 3.63) is 150 Å². The Balaban J connectivity index is 0.000000185. The van der Waals surface area contributed by atoms with Crippen molar-refractivity contribution >= 4 is 52.6 Å². The normalized spacial score (nSPS) is 12.9. The molecule has 270 valence electrons. The lowest BCUT2D eigenvalue weighted by atomic mass is 10.2. The Bertz CT molecular complexity index is 2400. The zero-order valence-corrected chi connectivity index (χ0v) is 29.5. The maximum absolute atomic E-state index is 12.8. The van der Waals surface area contributed by atoms with Gasteiger partial charge in [0.25, 0.3) is 22.9 Å². The number of halogens is 2. The summed E-state index contributed by atoms with van der Waals surface area (Å²) in [6.07, 6.45) is 3.64. The molecular formula is C36H31Cl2N9O6. The summed E-state index contributed by atoms with van der Waals surface area (Å²) in [5.41, 5.74) is 1.88. The van der Waals surface area contributed by atoms with Crippen LogP contribution < -0.4 is 21.8 Å². The topological polar surface area (TPSA) is 182 Å². The average Bonchev–Trinajstić information content (AvgIpc) is 3.18. The summed E-state index contributed by atoms with van der Waals surface area (Å²) in [4.78, 5) is 62.9. The lowest BCUT2D eigenvalue weighted by Gasteiger charge is -2.26. The fraction of sp³-hybridized carbons (Fsp3) is 0.194. The molecule has 1 fully saturated rings. The van der Waals surface area contributed by atoms with Gasteiger partial charge in [0.15, 0.2) is 17.6 Å². The largest absolute Gasteiger partial charge is 0.379 e. The molecule has 0 bridgehead atoms. The van der Waals surface area contributed by atoms with E-state index in [1.165, 1.54) is 22.7 Å². The van der Waals surface area contributed by atoms with Gasteiger partial charge in [0, 0.05) is 60.7 Å². The maximum atomic E-state index is 12.8. The number of ether oxygens (including phenoxy) is 1. The van der Waals surface area contributed by atoms with Crippen molar-refractivity contribution in [3.63, 3.8) is 0 Å². The molecule has 1 aliphatic heterocycles. The van der Waals surface area contributed by atoms with Crippen molar-refractivity contribution in [1.82, 2.24) is 44.7 Å². The summed E-state index contributed by atoms with van der Waals surface area (Å²) in [7, 11) is 0. The van der Waals surface area contributed by atoms with Gasteiger partial charge in [-0.25, -0.2) is 0 Å². The minimum atomic E-state index is -0.645. The van der Waals surface area contributed by atoms with Crippen LogP contribution in [0, 0.1) is 0 Å². The number of rotatable bonds is 9. The van der Waals surface area contributed by atoms with Gasteiger partial charge in [0.2, 0.25) is 11.4 Å². The van der Waals surface area contributed by atoms with Crippen molar-refractivity contribution in [3.8, 4) is 0 Å². The highest BCUT2D eigenvalue weighted by atomic mass is 35.5. The minimum Gasteiger partial charge on any atom is -0.379 e. The molecule has 2 aromatic carbocycles. The summed E-state index contributed by atoms with van der Waals surface area (Å²) < 4.78 is 7.86. The molecule has 0 saturated carbocycles. The fourth-order valence-corrected chi connectivity index (χ4v) is 5.51. The van der Waals surface area contributed by atoms with Crippen LogP contribution in [0.5, 0.6) is 0 Å². The van der Waals surface area contributed by atoms with E-state index in [0.29, 0.717) is 47.3 Å². The number of aldehydes is 1. The van der Waals surface area contributed by atoms with Crippen LogP contribution in [0.15, 0.2) is 94.8 Å². The summed E-state index contributed by atoms with van der Waals surface area (Å²) in [6, 6.07) is 20.7. The van der Waals surface area contributed by atoms with Crippen molar-refractivity contribution in [2.75, 3.05) is 26.3 Å². The molecule has 0 aliphatic carbocycles. The van der Waals surface area contributed by atoms with Gasteiger partial charge in [-0.3, -0.25) is 37.7 Å². The molecule has 5 heterocycles. The summed E-state index contributed by atoms with van der Waals surface area (Å²) in [5, 5.41) is 21.9. The molecular weight excluding hydrogens is 725 g/mol. The predicted octanol–water partition coefficient (Wildman–Crippen LogP) is 2.99. The summed E-state index contributed by atoms with van der Waals surface area (Å²) in [5.74, 6) is -1.21. The van der Waals surface area contributed by atoms with Crippen LogP contribution in [0.3, 0.4) is 0 Å². The minimum absolute atomic E-state index is 0.216. The van der Waals surface area contributed by atoms with Gasteiger partial charge < -0.3 is 15.4 Å². The molecule has 17 heteroatoms. The number of amides is 2. The Hall–Kier alpha value is -5.87. The number of hydrogen-bond acceptors (Lipinski definition) is 11. The number of nitrogens with one attached hydrogen (secondary N) is 2. The van der Waals surface area contributed by atoms with E-state index in [0.717, 1.165) is 34.2 Å². The van der Waals surface area contributed by atoms with Crippen molar-refractivity contribution in [1.29, 1.82) is 0 Å². The first kappa shape index (κ1) is 36.9. The molecule has 1 aliphatic rings. The molecule has 2 N–H and O–H groups in total. The van der Waals surface area contributed by atoms with Gasteiger partial charge in [-0.15, -0.1) is 20.4 Å². The number of carbonyl (C=O) groups is 3. The fourth-order valence-electron chi connectivity index (χ4n) is 5.25. The average molecular weight is 757 g/mol.